The van der Waals surface area contributed by atoms with Crippen LogP contribution in [0.5, 0.6) is 0 Å². The van der Waals surface area contributed by atoms with Gasteiger partial charge in [-0.3, -0.25) is 4.98 Å². The summed E-state index contributed by atoms with van der Waals surface area (Å²) >= 11 is 6.35. The van der Waals surface area contributed by atoms with E-state index in [1.165, 1.54) is 0 Å². The van der Waals surface area contributed by atoms with Crippen molar-refractivity contribution >= 4 is 29.0 Å². The standard InChI is InChI=1S/C20H23ClN6O2/c1-19(2,3)29-18(28)25-20(8-9-20)17-24-16(15-14(21)7-11-27(15)26-17)23-12-13-6-4-5-10-22-13/h4-7,10-11H,8-9,12H2,1-3H3,(H,25,28)(H,23,24,26). The second-order valence-corrected chi connectivity index (χ2v) is 8.53. The monoisotopic (exact) mass is 414 g/mol. The number of rotatable bonds is 5. The highest BCUT2D eigenvalue weighted by Gasteiger charge is 2.50. The average Bonchev–Trinajstić information content (AvgIpc) is 3.34. The zero-order valence-corrected chi connectivity index (χ0v) is 17.3. The van der Waals surface area contributed by atoms with Crippen LogP contribution >= 0.6 is 11.6 Å². The lowest BCUT2D eigenvalue weighted by atomic mass is 10.2. The van der Waals surface area contributed by atoms with Gasteiger partial charge >= 0.3 is 6.09 Å². The second kappa shape index (κ2) is 7.18. The molecule has 4 rings (SSSR count). The molecular weight excluding hydrogens is 392 g/mol. The minimum atomic E-state index is -0.630. The molecule has 0 atom stereocenters. The van der Waals surface area contributed by atoms with Crippen LogP contribution in [0.4, 0.5) is 10.6 Å². The van der Waals surface area contributed by atoms with Crippen molar-refractivity contribution in [2.24, 2.45) is 0 Å². The fraction of sp³-hybridized carbons (Fsp3) is 0.400. The molecule has 3 heterocycles. The highest BCUT2D eigenvalue weighted by molar-refractivity contribution is 6.34. The molecule has 0 aromatic carbocycles. The van der Waals surface area contributed by atoms with E-state index < -0.39 is 17.2 Å². The van der Waals surface area contributed by atoms with E-state index in [2.05, 4.69) is 20.7 Å². The molecule has 2 N–H and O–H groups in total. The molecule has 152 valence electrons. The topological polar surface area (TPSA) is 93.4 Å². The Morgan fingerprint density at radius 2 is 2.10 bits per heavy atom. The van der Waals surface area contributed by atoms with E-state index in [0.717, 1.165) is 18.5 Å². The molecule has 0 saturated heterocycles. The van der Waals surface area contributed by atoms with Crippen molar-refractivity contribution in [3.63, 3.8) is 0 Å². The average molecular weight is 415 g/mol. The van der Waals surface area contributed by atoms with Crippen molar-refractivity contribution in [3.8, 4) is 0 Å². The van der Waals surface area contributed by atoms with Gasteiger partial charge in [0.15, 0.2) is 11.6 Å². The minimum absolute atomic E-state index is 0.479. The van der Waals surface area contributed by atoms with Gasteiger partial charge in [-0.25, -0.2) is 14.3 Å². The number of alkyl carbamates (subject to hydrolysis) is 1. The van der Waals surface area contributed by atoms with Crippen LogP contribution in [0.2, 0.25) is 5.02 Å². The highest BCUT2D eigenvalue weighted by Crippen LogP contribution is 2.44. The largest absolute Gasteiger partial charge is 0.444 e. The Bertz CT molecular complexity index is 1040. The van der Waals surface area contributed by atoms with Crippen LogP contribution in [-0.2, 0) is 16.8 Å². The first-order valence-corrected chi connectivity index (χ1v) is 9.84. The summed E-state index contributed by atoms with van der Waals surface area (Å²) < 4.78 is 7.09. The van der Waals surface area contributed by atoms with Crippen molar-refractivity contribution in [1.29, 1.82) is 0 Å². The van der Waals surface area contributed by atoms with Gasteiger partial charge in [-0.2, -0.15) is 0 Å². The van der Waals surface area contributed by atoms with E-state index in [9.17, 15) is 4.79 Å². The molecule has 3 aromatic heterocycles. The van der Waals surface area contributed by atoms with Gasteiger partial charge in [0.25, 0.3) is 0 Å². The van der Waals surface area contributed by atoms with Gasteiger partial charge in [-0.05, 0) is 51.8 Å². The number of nitrogens with one attached hydrogen (secondary N) is 2. The number of hydrogen-bond acceptors (Lipinski definition) is 6. The number of aromatic nitrogens is 4. The summed E-state index contributed by atoms with van der Waals surface area (Å²) in [6.07, 6.45) is 4.52. The van der Waals surface area contributed by atoms with Crippen molar-refractivity contribution in [2.75, 3.05) is 5.32 Å². The minimum Gasteiger partial charge on any atom is -0.444 e. The van der Waals surface area contributed by atoms with E-state index in [0.29, 0.717) is 28.7 Å². The Kier molecular flexibility index (Phi) is 4.82. The lowest BCUT2D eigenvalue weighted by molar-refractivity contribution is 0.0492. The van der Waals surface area contributed by atoms with Gasteiger partial charge in [-0.15, -0.1) is 5.10 Å². The molecule has 9 heteroatoms. The maximum absolute atomic E-state index is 12.3. The van der Waals surface area contributed by atoms with Crippen molar-refractivity contribution in [1.82, 2.24) is 24.9 Å². The highest BCUT2D eigenvalue weighted by atomic mass is 35.5. The molecule has 0 unspecified atom stereocenters. The van der Waals surface area contributed by atoms with Crippen LogP contribution in [0.3, 0.4) is 0 Å². The third kappa shape index (κ3) is 4.27. The maximum atomic E-state index is 12.3. The fourth-order valence-electron chi connectivity index (χ4n) is 3.02. The van der Waals surface area contributed by atoms with E-state index in [-0.39, 0.29) is 0 Å². The van der Waals surface area contributed by atoms with Crippen LogP contribution in [0, 0.1) is 0 Å². The molecule has 0 radical (unpaired) electrons. The van der Waals surface area contributed by atoms with Crippen LogP contribution < -0.4 is 10.6 Å². The lowest BCUT2D eigenvalue weighted by Crippen LogP contribution is -2.40. The Morgan fingerprint density at radius 3 is 2.76 bits per heavy atom. The second-order valence-electron chi connectivity index (χ2n) is 8.12. The fourth-order valence-corrected chi connectivity index (χ4v) is 3.25. The first-order valence-electron chi connectivity index (χ1n) is 9.46. The number of pyridine rings is 1. The normalized spacial score (nSPS) is 15.2. The Labute approximate surface area is 173 Å². The zero-order chi connectivity index (χ0) is 20.6. The molecular formula is C20H23ClN6O2. The Morgan fingerprint density at radius 1 is 1.31 bits per heavy atom. The third-order valence-electron chi connectivity index (χ3n) is 4.54. The SMILES string of the molecule is CC(C)(C)OC(=O)NC1(c2nc(NCc3ccccn3)c3c(Cl)ccn3n2)CC1. The number of halogens is 1. The summed E-state index contributed by atoms with van der Waals surface area (Å²) in [6.45, 7) is 5.98. The first kappa shape index (κ1) is 19.4. The van der Waals surface area contributed by atoms with Crippen LogP contribution in [0.15, 0.2) is 36.7 Å². The van der Waals surface area contributed by atoms with E-state index in [1.54, 1.807) is 23.0 Å². The van der Waals surface area contributed by atoms with Gasteiger partial charge in [0.2, 0.25) is 0 Å². The van der Waals surface area contributed by atoms with Crippen molar-refractivity contribution in [3.05, 3.63) is 53.2 Å². The van der Waals surface area contributed by atoms with Crippen LogP contribution in [-0.4, -0.2) is 31.3 Å². The van der Waals surface area contributed by atoms with Gasteiger partial charge in [0.1, 0.15) is 16.7 Å². The summed E-state index contributed by atoms with van der Waals surface area (Å²) in [5.74, 6) is 1.11. The molecule has 1 amide bonds. The molecule has 0 spiro atoms. The van der Waals surface area contributed by atoms with Crippen LogP contribution in [0.25, 0.3) is 5.52 Å². The van der Waals surface area contributed by atoms with Crippen LogP contribution in [0.1, 0.15) is 45.1 Å². The number of carbonyl (C=O) groups excluding carboxylic acids is 1. The predicted molar refractivity (Wildman–Crippen MR) is 110 cm³/mol. The number of amides is 1. The van der Waals surface area contributed by atoms with E-state index in [4.69, 9.17) is 21.3 Å². The number of nitrogens with zero attached hydrogens (tertiary/aromatic N) is 4. The molecule has 1 fully saturated rings. The Hall–Kier alpha value is -2.87. The van der Waals surface area contributed by atoms with Gasteiger partial charge in [0.05, 0.1) is 17.3 Å². The Balaban J connectivity index is 1.63. The molecule has 1 saturated carbocycles. The van der Waals surface area contributed by atoms with Crippen molar-refractivity contribution in [2.45, 2.75) is 51.3 Å². The van der Waals surface area contributed by atoms with Gasteiger partial charge in [-0.1, -0.05) is 17.7 Å². The molecule has 8 nitrogen and oxygen atoms in total. The number of fused-ring (bicyclic) bond motifs is 1. The van der Waals surface area contributed by atoms with E-state index in [1.807, 2.05) is 39.0 Å². The summed E-state index contributed by atoms with van der Waals surface area (Å²) in [5, 5.41) is 11.4. The van der Waals surface area contributed by atoms with Gasteiger partial charge in [0, 0.05) is 12.4 Å². The summed E-state index contributed by atoms with van der Waals surface area (Å²) in [7, 11) is 0. The van der Waals surface area contributed by atoms with Gasteiger partial charge < -0.3 is 15.4 Å². The summed E-state index contributed by atoms with van der Waals surface area (Å²) in [4.78, 5) is 21.3. The summed E-state index contributed by atoms with van der Waals surface area (Å²) in [6, 6.07) is 7.49. The maximum Gasteiger partial charge on any atom is 0.408 e. The molecule has 1 aliphatic carbocycles. The zero-order valence-electron chi connectivity index (χ0n) is 16.6. The van der Waals surface area contributed by atoms with Crippen molar-refractivity contribution < 1.29 is 9.53 Å². The molecule has 1 aliphatic rings. The number of hydrogen-bond donors (Lipinski definition) is 2. The molecule has 29 heavy (non-hydrogen) atoms. The summed E-state index contributed by atoms with van der Waals surface area (Å²) in [5.41, 5.74) is 0.351. The smallest absolute Gasteiger partial charge is 0.408 e. The first-order chi connectivity index (χ1) is 13.8. The van der Waals surface area contributed by atoms with E-state index >= 15 is 0 Å². The number of ether oxygens (including phenoxy) is 1. The molecule has 3 aromatic rings. The number of anilines is 1. The number of carbonyl (C=O) groups is 1. The molecule has 0 aliphatic heterocycles. The quantitative estimate of drug-likeness (QED) is 0.657. The lowest BCUT2D eigenvalue weighted by Gasteiger charge is -2.23. The molecule has 0 bridgehead atoms. The predicted octanol–water partition coefficient (Wildman–Crippen LogP) is 3.90. The third-order valence-corrected chi connectivity index (χ3v) is 4.85.